The summed E-state index contributed by atoms with van der Waals surface area (Å²) in [5, 5.41) is 11.3. The van der Waals surface area contributed by atoms with Gasteiger partial charge >= 0.3 is 12.0 Å². The number of carboxylic acids is 1. The molecule has 0 saturated heterocycles. The molecule has 0 aliphatic carbocycles. The van der Waals surface area contributed by atoms with Gasteiger partial charge in [0.25, 0.3) is 0 Å². The Bertz CT molecular complexity index is 408. The van der Waals surface area contributed by atoms with E-state index in [1.807, 2.05) is 0 Å². The fourth-order valence-corrected chi connectivity index (χ4v) is 1.39. The van der Waals surface area contributed by atoms with Crippen molar-refractivity contribution in [3.8, 4) is 0 Å². The summed E-state index contributed by atoms with van der Waals surface area (Å²) in [6, 6.07) is 3.05. The summed E-state index contributed by atoms with van der Waals surface area (Å²) < 4.78 is 0. The van der Waals surface area contributed by atoms with Gasteiger partial charge in [-0.2, -0.15) is 0 Å². The molecule has 0 aliphatic rings. The van der Waals surface area contributed by atoms with Crippen LogP contribution < -0.4 is 10.2 Å². The fourth-order valence-electron chi connectivity index (χ4n) is 1.39. The Morgan fingerprint density at radius 3 is 2.83 bits per heavy atom. The number of nitrogens with zero attached hydrogens (tertiary/aromatic N) is 2. The minimum Gasteiger partial charge on any atom is -0.481 e. The summed E-state index contributed by atoms with van der Waals surface area (Å²) in [6.07, 6.45) is 3.66. The van der Waals surface area contributed by atoms with Gasteiger partial charge < -0.3 is 10.4 Å². The Balaban J connectivity index is 2.47. The maximum Gasteiger partial charge on any atom is 0.321 e. The molecule has 0 spiro atoms. The molecule has 0 aromatic carbocycles. The van der Waals surface area contributed by atoms with Crippen molar-refractivity contribution in [2.75, 3.05) is 11.9 Å². The quantitative estimate of drug-likeness (QED) is 0.830. The molecule has 2 N–H and O–H groups in total. The van der Waals surface area contributed by atoms with Crippen molar-refractivity contribution in [2.24, 2.45) is 0 Å². The van der Waals surface area contributed by atoms with Crippen LogP contribution in [0.4, 0.5) is 10.5 Å². The van der Waals surface area contributed by atoms with Gasteiger partial charge in [0.2, 0.25) is 0 Å². The van der Waals surface area contributed by atoms with E-state index < -0.39 is 5.97 Å². The lowest BCUT2D eigenvalue weighted by atomic mass is 10.2. The molecule has 0 fully saturated rings. The van der Waals surface area contributed by atoms with Crippen LogP contribution in [-0.4, -0.2) is 35.2 Å². The number of nitrogens with one attached hydrogen (secondary N) is 1. The molecule has 1 atom stereocenters. The summed E-state index contributed by atoms with van der Waals surface area (Å²) in [5.74, 6) is -0.864. The topological polar surface area (TPSA) is 82.5 Å². The van der Waals surface area contributed by atoms with E-state index in [4.69, 9.17) is 5.11 Å². The first kappa shape index (κ1) is 14.0. The molecule has 0 aliphatic heterocycles. The normalized spacial score (nSPS) is 11.7. The molecular formula is C12H17N3O3. The number of hydrogen-bond acceptors (Lipinski definition) is 3. The highest BCUT2D eigenvalue weighted by Crippen LogP contribution is 2.09. The summed E-state index contributed by atoms with van der Waals surface area (Å²) >= 11 is 0. The molecule has 0 bridgehead atoms. The van der Waals surface area contributed by atoms with Crippen LogP contribution in [-0.2, 0) is 4.79 Å². The highest BCUT2D eigenvalue weighted by atomic mass is 16.4. The molecule has 1 heterocycles. The molecule has 6 nitrogen and oxygen atoms in total. The second-order valence-corrected chi connectivity index (χ2v) is 4.05. The van der Waals surface area contributed by atoms with E-state index in [0.29, 0.717) is 12.1 Å². The average molecular weight is 251 g/mol. The van der Waals surface area contributed by atoms with Gasteiger partial charge in [-0.15, -0.1) is 0 Å². The molecule has 1 rings (SSSR count). The van der Waals surface area contributed by atoms with E-state index in [1.165, 1.54) is 4.90 Å². The number of hydrogen-bond donors (Lipinski definition) is 2. The van der Waals surface area contributed by atoms with Gasteiger partial charge in [-0.05, 0) is 25.5 Å². The van der Waals surface area contributed by atoms with E-state index in [1.54, 1.807) is 38.5 Å². The van der Waals surface area contributed by atoms with Crippen LogP contribution in [0.15, 0.2) is 24.5 Å². The molecule has 0 radical (unpaired) electrons. The zero-order valence-corrected chi connectivity index (χ0v) is 10.5. The van der Waals surface area contributed by atoms with Crippen LogP contribution >= 0.6 is 0 Å². The molecule has 98 valence electrons. The Kier molecular flexibility index (Phi) is 5.10. The Labute approximate surface area is 106 Å². The first-order chi connectivity index (χ1) is 8.50. The number of amides is 2. The number of carboxylic acid groups (broad SMARTS) is 1. The van der Waals surface area contributed by atoms with Gasteiger partial charge in [0.1, 0.15) is 0 Å². The fraction of sp³-hybridized carbons (Fsp3) is 0.417. The molecular weight excluding hydrogens is 234 g/mol. The summed E-state index contributed by atoms with van der Waals surface area (Å²) in [7, 11) is 1.64. The van der Waals surface area contributed by atoms with Gasteiger partial charge in [0, 0.05) is 25.7 Å². The Hall–Kier alpha value is -2.11. The first-order valence-electron chi connectivity index (χ1n) is 5.66. The summed E-state index contributed by atoms with van der Waals surface area (Å²) in [5.41, 5.74) is 0.681. The molecule has 0 saturated carbocycles. The van der Waals surface area contributed by atoms with Crippen molar-refractivity contribution in [3.63, 3.8) is 0 Å². The van der Waals surface area contributed by atoms with E-state index in [9.17, 15) is 9.59 Å². The Morgan fingerprint density at radius 2 is 2.28 bits per heavy atom. The number of rotatable bonds is 5. The van der Waals surface area contributed by atoms with Crippen LogP contribution in [0.2, 0.25) is 0 Å². The highest BCUT2D eigenvalue weighted by molar-refractivity contribution is 5.91. The largest absolute Gasteiger partial charge is 0.481 e. The molecule has 1 unspecified atom stereocenters. The smallest absolute Gasteiger partial charge is 0.321 e. The number of aliphatic carboxylic acids is 1. The molecule has 1 aromatic heterocycles. The van der Waals surface area contributed by atoms with Gasteiger partial charge in [-0.25, -0.2) is 4.79 Å². The zero-order chi connectivity index (χ0) is 13.5. The lowest BCUT2D eigenvalue weighted by molar-refractivity contribution is -0.137. The summed E-state index contributed by atoms with van der Waals surface area (Å²) in [6.45, 7) is 1.78. The number of anilines is 1. The lowest BCUT2D eigenvalue weighted by Gasteiger charge is -2.20. The number of pyridine rings is 1. The second-order valence-electron chi connectivity index (χ2n) is 4.05. The van der Waals surface area contributed by atoms with Crippen molar-refractivity contribution >= 4 is 17.7 Å². The van der Waals surface area contributed by atoms with Gasteiger partial charge in [0.05, 0.1) is 11.9 Å². The van der Waals surface area contributed by atoms with E-state index in [-0.39, 0.29) is 18.5 Å². The minimum atomic E-state index is -0.864. The number of carbonyl (C=O) groups excluding carboxylic acids is 1. The van der Waals surface area contributed by atoms with Crippen LogP contribution in [0, 0.1) is 0 Å². The third kappa shape index (κ3) is 4.40. The van der Waals surface area contributed by atoms with Crippen LogP contribution in [0.25, 0.3) is 0 Å². The van der Waals surface area contributed by atoms with Gasteiger partial charge in [-0.3, -0.25) is 14.7 Å². The van der Waals surface area contributed by atoms with Gasteiger partial charge in [-0.1, -0.05) is 0 Å². The van der Waals surface area contributed by atoms with Crippen molar-refractivity contribution in [1.82, 2.24) is 10.3 Å². The molecule has 1 aromatic rings. The van der Waals surface area contributed by atoms with Crippen molar-refractivity contribution in [1.29, 1.82) is 0 Å². The first-order valence-corrected chi connectivity index (χ1v) is 5.66. The van der Waals surface area contributed by atoms with Crippen LogP contribution in [0.5, 0.6) is 0 Å². The molecule has 6 heteroatoms. The zero-order valence-electron chi connectivity index (χ0n) is 10.5. The molecule has 18 heavy (non-hydrogen) atoms. The monoisotopic (exact) mass is 251 g/mol. The Morgan fingerprint density at radius 1 is 1.56 bits per heavy atom. The predicted octanol–water partition coefficient (Wildman–Crippen LogP) is 1.48. The maximum absolute atomic E-state index is 11.8. The van der Waals surface area contributed by atoms with Crippen LogP contribution in [0.3, 0.4) is 0 Å². The van der Waals surface area contributed by atoms with E-state index in [0.717, 1.165) is 0 Å². The number of aromatic nitrogens is 1. The maximum atomic E-state index is 11.8. The number of urea groups is 1. The molecule has 2 amide bonds. The third-order valence-corrected chi connectivity index (χ3v) is 2.50. The van der Waals surface area contributed by atoms with Crippen molar-refractivity contribution in [3.05, 3.63) is 24.5 Å². The third-order valence-electron chi connectivity index (χ3n) is 2.50. The number of carbonyl (C=O) groups is 2. The average Bonchev–Trinajstić information content (AvgIpc) is 2.36. The second kappa shape index (κ2) is 6.58. The lowest BCUT2D eigenvalue weighted by Crippen LogP contribution is -2.42. The van der Waals surface area contributed by atoms with Crippen molar-refractivity contribution in [2.45, 2.75) is 25.8 Å². The standard InChI is InChI=1S/C12H17N3O3/c1-9(5-6-11(16)17)14-12(18)15(2)10-4-3-7-13-8-10/h3-4,7-9H,5-6H2,1-2H3,(H,14,18)(H,16,17). The van der Waals surface area contributed by atoms with E-state index in [2.05, 4.69) is 10.3 Å². The van der Waals surface area contributed by atoms with E-state index >= 15 is 0 Å². The summed E-state index contributed by atoms with van der Waals surface area (Å²) in [4.78, 5) is 27.6. The van der Waals surface area contributed by atoms with Crippen LogP contribution in [0.1, 0.15) is 19.8 Å². The SMILES string of the molecule is CC(CCC(=O)O)NC(=O)N(C)c1cccnc1. The minimum absolute atomic E-state index is 0.0397. The highest BCUT2D eigenvalue weighted by Gasteiger charge is 2.14. The van der Waals surface area contributed by atoms with Gasteiger partial charge in [0.15, 0.2) is 0 Å². The van der Waals surface area contributed by atoms with Crippen molar-refractivity contribution < 1.29 is 14.7 Å². The predicted molar refractivity (Wildman–Crippen MR) is 67.5 cm³/mol.